The minimum absolute atomic E-state index is 0.0955. The van der Waals surface area contributed by atoms with Gasteiger partial charge in [-0.15, -0.1) is 10.2 Å². The van der Waals surface area contributed by atoms with Gasteiger partial charge >= 0.3 is 0 Å². The van der Waals surface area contributed by atoms with E-state index in [9.17, 15) is 13.6 Å². The third kappa shape index (κ3) is 3.98. The van der Waals surface area contributed by atoms with E-state index in [2.05, 4.69) is 10.2 Å². The Morgan fingerprint density at radius 3 is 2.41 bits per heavy atom. The normalized spacial score (nSPS) is 11.0. The van der Waals surface area contributed by atoms with Crippen LogP contribution in [0.4, 0.5) is 8.78 Å². The molecule has 0 bridgehead atoms. The topological polar surface area (TPSA) is 59.2 Å². The number of hydrogen-bond donors (Lipinski definition) is 0. The molecule has 1 aromatic heterocycles. The highest BCUT2D eigenvalue weighted by molar-refractivity contribution is 6.33. The number of nitrogens with zero attached hydrogens (tertiary/aromatic N) is 3. The summed E-state index contributed by atoms with van der Waals surface area (Å²) in [5.74, 6) is -2.31. The number of hydrogen-bond acceptors (Lipinski definition) is 4. The molecular formula is C19H16ClF2N3O2. The van der Waals surface area contributed by atoms with Crippen LogP contribution in [0.15, 0.2) is 46.9 Å². The van der Waals surface area contributed by atoms with Crippen molar-refractivity contribution in [1.82, 2.24) is 15.1 Å². The molecule has 8 heteroatoms. The van der Waals surface area contributed by atoms with Gasteiger partial charge in [-0.2, -0.15) is 0 Å². The van der Waals surface area contributed by atoms with Gasteiger partial charge in [0, 0.05) is 6.04 Å². The monoisotopic (exact) mass is 391 g/mol. The second-order valence-corrected chi connectivity index (χ2v) is 6.51. The molecule has 0 spiro atoms. The predicted molar refractivity (Wildman–Crippen MR) is 96.1 cm³/mol. The van der Waals surface area contributed by atoms with E-state index in [-0.39, 0.29) is 24.4 Å². The van der Waals surface area contributed by atoms with Crippen molar-refractivity contribution < 1.29 is 18.0 Å². The Balaban J connectivity index is 1.88. The quantitative estimate of drug-likeness (QED) is 0.631. The zero-order valence-electron chi connectivity index (χ0n) is 14.6. The lowest BCUT2D eigenvalue weighted by atomic mass is 10.1. The van der Waals surface area contributed by atoms with Gasteiger partial charge in [-0.25, -0.2) is 8.78 Å². The van der Waals surface area contributed by atoms with E-state index in [0.717, 1.165) is 12.1 Å². The Hall–Kier alpha value is -2.80. The van der Waals surface area contributed by atoms with Crippen molar-refractivity contribution in [3.8, 4) is 11.5 Å². The second kappa shape index (κ2) is 7.84. The molecule has 0 radical (unpaired) electrons. The van der Waals surface area contributed by atoms with Gasteiger partial charge in [0.05, 0.1) is 17.1 Å². The molecule has 0 unspecified atom stereocenters. The van der Waals surface area contributed by atoms with Gasteiger partial charge in [-0.05, 0) is 38.1 Å². The van der Waals surface area contributed by atoms with Gasteiger partial charge in [0.15, 0.2) is 0 Å². The summed E-state index contributed by atoms with van der Waals surface area (Å²) < 4.78 is 33.5. The first-order valence-electron chi connectivity index (χ1n) is 8.20. The van der Waals surface area contributed by atoms with Crippen LogP contribution in [0.25, 0.3) is 11.5 Å². The van der Waals surface area contributed by atoms with Gasteiger partial charge in [-0.3, -0.25) is 4.79 Å². The minimum Gasteiger partial charge on any atom is -0.419 e. The van der Waals surface area contributed by atoms with E-state index >= 15 is 0 Å². The second-order valence-electron chi connectivity index (χ2n) is 6.10. The zero-order valence-corrected chi connectivity index (χ0v) is 15.4. The molecule has 2 aromatic carbocycles. The average Bonchev–Trinajstić information content (AvgIpc) is 3.08. The molecule has 0 saturated carbocycles. The lowest BCUT2D eigenvalue weighted by Crippen LogP contribution is -2.37. The molecule has 3 rings (SSSR count). The Kier molecular flexibility index (Phi) is 5.51. The lowest BCUT2D eigenvalue weighted by Gasteiger charge is -2.25. The first-order valence-corrected chi connectivity index (χ1v) is 8.58. The summed E-state index contributed by atoms with van der Waals surface area (Å²) in [6, 6.07) is 9.88. The van der Waals surface area contributed by atoms with Crippen molar-refractivity contribution in [3.05, 3.63) is 70.6 Å². The van der Waals surface area contributed by atoms with Crippen LogP contribution in [0.1, 0.15) is 30.1 Å². The fourth-order valence-electron chi connectivity index (χ4n) is 2.54. The van der Waals surface area contributed by atoms with Gasteiger partial charge in [-0.1, -0.05) is 29.8 Å². The van der Waals surface area contributed by atoms with E-state index in [0.29, 0.717) is 10.6 Å². The maximum Gasteiger partial charge on any atom is 0.260 e. The van der Waals surface area contributed by atoms with E-state index in [1.165, 1.54) is 11.0 Å². The number of halogens is 3. The van der Waals surface area contributed by atoms with Crippen LogP contribution in [-0.2, 0) is 6.54 Å². The number of amides is 1. The summed E-state index contributed by atoms with van der Waals surface area (Å²) in [4.78, 5) is 14.0. The molecule has 0 aliphatic carbocycles. The smallest absolute Gasteiger partial charge is 0.260 e. The van der Waals surface area contributed by atoms with E-state index < -0.39 is 23.1 Å². The third-order valence-corrected chi connectivity index (χ3v) is 4.27. The predicted octanol–water partition coefficient (Wildman–Crippen LogP) is 4.72. The van der Waals surface area contributed by atoms with Crippen molar-refractivity contribution in [1.29, 1.82) is 0 Å². The number of aromatic nitrogens is 2. The van der Waals surface area contributed by atoms with Crippen molar-refractivity contribution in [2.75, 3.05) is 0 Å². The van der Waals surface area contributed by atoms with Gasteiger partial charge in [0.2, 0.25) is 11.8 Å². The molecule has 0 N–H and O–H groups in total. The van der Waals surface area contributed by atoms with Crippen LogP contribution in [0.3, 0.4) is 0 Å². The molecule has 1 heterocycles. The van der Waals surface area contributed by atoms with E-state index in [4.69, 9.17) is 16.0 Å². The summed E-state index contributed by atoms with van der Waals surface area (Å²) in [5.41, 5.74) is -0.0578. The fourth-order valence-corrected chi connectivity index (χ4v) is 2.76. The highest BCUT2D eigenvalue weighted by atomic mass is 35.5. The Labute approximate surface area is 159 Å². The molecule has 5 nitrogen and oxygen atoms in total. The number of benzene rings is 2. The molecule has 0 atom stereocenters. The van der Waals surface area contributed by atoms with Gasteiger partial charge in [0.1, 0.15) is 17.2 Å². The van der Waals surface area contributed by atoms with Crippen LogP contribution >= 0.6 is 11.6 Å². The van der Waals surface area contributed by atoms with Gasteiger partial charge < -0.3 is 9.32 Å². The summed E-state index contributed by atoms with van der Waals surface area (Å²) in [7, 11) is 0. The molecule has 0 saturated heterocycles. The SMILES string of the molecule is CC(C)N(Cc1nnc(-c2ccccc2Cl)o1)C(=O)c1c(F)cccc1F. The average molecular weight is 392 g/mol. The minimum atomic E-state index is -0.923. The first kappa shape index (κ1) is 19.0. The summed E-state index contributed by atoms with van der Waals surface area (Å²) in [5, 5.41) is 8.30. The third-order valence-electron chi connectivity index (χ3n) is 3.94. The standard InChI is InChI=1S/C19H16ClF2N3O2/c1-11(2)25(19(26)17-14(21)8-5-9-15(17)22)10-16-23-24-18(27-16)12-6-3-4-7-13(12)20/h3-9,11H,10H2,1-2H3. The largest absolute Gasteiger partial charge is 0.419 e. The molecule has 3 aromatic rings. The number of rotatable bonds is 5. The zero-order chi connectivity index (χ0) is 19.6. The number of carbonyl (C=O) groups excluding carboxylic acids is 1. The molecule has 0 fully saturated rings. The van der Waals surface area contributed by atoms with Crippen LogP contribution < -0.4 is 0 Å². The Morgan fingerprint density at radius 2 is 1.78 bits per heavy atom. The van der Waals surface area contributed by atoms with Crippen molar-refractivity contribution in [3.63, 3.8) is 0 Å². The van der Waals surface area contributed by atoms with Gasteiger partial charge in [0.25, 0.3) is 5.91 Å². The molecule has 140 valence electrons. The molecule has 1 amide bonds. The van der Waals surface area contributed by atoms with Crippen LogP contribution in [0, 0.1) is 11.6 Å². The highest BCUT2D eigenvalue weighted by Gasteiger charge is 2.27. The summed E-state index contributed by atoms with van der Waals surface area (Å²) >= 11 is 6.11. The summed E-state index contributed by atoms with van der Waals surface area (Å²) in [6.07, 6.45) is 0. The van der Waals surface area contributed by atoms with E-state index in [1.807, 2.05) is 0 Å². The van der Waals surface area contributed by atoms with E-state index in [1.54, 1.807) is 38.1 Å². The van der Waals surface area contributed by atoms with Crippen LogP contribution in [0.5, 0.6) is 0 Å². The number of carbonyl (C=O) groups is 1. The van der Waals surface area contributed by atoms with Crippen LogP contribution in [-0.4, -0.2) is 27.0 Å². The summed E-state index contributed by atoms with van der Waals surface area (Å²) in [6.45, 7) is 3.35. The maximum atomic E-state index is 14.0. The van der Waals surface area contributed by atoms with Crippen molar-refractivity contribution in [2.45, 2.75) is 26.4 Å². The lowest BCUT2D eigenvalue weighted by molar-refractivity contribution is 0.0662. The Bertz CT molecular complexity index is 955. The molecular weight excluding hydrogens is 376 g/mol. The fraction of sp³-hybridized carbons (Fsp3) is 0.211. The van der Waals surface area contributed by atoms with Crippen molar-refractivity contribution >= 4 is 17.5 Å². The maximum absolute atomic E-state index is 14.0. The van der Waals surface area contributed by atoms with Crippen molar-refractivity contribution in [2.24, 2.45) is 0 Å². The molecule has 0 aliphatic rings. The van der Waals surface area contributed by atoms with Crippen LogP contribution in [0.2, 0.25) is 5.02 Å². The highest BCUT2D eigenvalue weighted by Crippen LogP contribution is 2.27. The Morgan fingerprint density at radius 1 is 1.11 bits per heavy atom. The molecule has 27 heavy (non-hydrogen) atoms. The molecule has 0 aliphatic heterocycles. The first-order chi connectivity index (χ1) is 12.9.